The number of aryl methyl sites for hydroxylation is 2. The van der Waals surface area contributed by atoms with Crippen LogP contribution in [0.3, 0.4) is 0 Å². The Bertz CT molecular complexity index is 1570. The number of carbonyl (C=O) groups is 1. The summed E-state index contributed by atoms with van der Waals surface area (Å²) < 4.78 is 8.95. The van der Waals surface area contributed by atoms with Gasteiger partial charge in [-0.25, -0.2) is 9.38 Å². The van der Waals surface area contributed by atoms with Crippen LogP contribution >= 0.6 is 11.3 Å². The normalized spacial score (nSPS) is 12.4. The predicted molar refractivity (Wildman–Crippen MR) is 119 cm³/mol. The number of hydrogen-bond donors (Lipinski definition) is 0. The van der Waals surface area contributed by atoms with Crippen LogP contribution in [0, 0.1) is 13.8 Å². The van der Waals surface area contributed by atoms with E-state index in [4.69, 9.17) is 4.74 Å². The molecule has 0 spiro atoms. The van der Waals surface area contributed by atoms with Crippen LogP contribution in [0.1, 0.15) is 16.7 Å². The third-order valence-corrected chi connectivity index (χ3v) is 6.46. The van der Waals surface area contributed by atoms with Crippen LogP contribution in [0.5, 0.6) is 0 Å². The molecule has 30 heavy (non-hydrogen) atoms. The molecule has 3 heterocycles. The Morgan fingerprint density at radius 3 is 2.73 bits per heavy atom. The molecule has 0 aliphatic carbocycles. The first-order chi connectivity index (χ1) is 14.5. The first-order valence-electron chi connectivity index (χ1n) is 9.55. The predicted octanol–water partition coefficient (Wildman–Crippen LogP) is 3.20. The molecule has 7 heteroatoms. The highest BCUT2D eigenvalue weighted by Gasteiger charge is 2.14. The lowest BCUT2D eigenvalue weighted by molar-refractivity contribution is -0.141. The molecule has 0 fully saturated rings. The lowest BCUT2D eigenvalue weighted by Gasteiger charge is -2.02. The van der Waals surface area contributed by atoms with Gasteiger partial charge in [0.25, 0.3) is 5.56 Å². The van der Waals surface area contributed by atoms with Crippen LogP contribution in [-0.4, -0.2) is 27.0 Å². The molecule has 3 aromatic heterocycles. The molecule has 5 rings (SSSR count). The maximum absolute atomic E-state index is 13.2. The molecular weight excluding hydrogens is 398 g/mol. The van der Waals surface area contributed by atoms with Crippen LogP contribution in [-0.2, 0) is 16.1 Å². The molecule has 5 aromatic rings. The zero-order valence-electron chi connectivity index (χ0n) is 16.8. The minimum absolute atomic E-state index is 0.0782. The van der Waals surface area contributed by atoms with Gasteiger partial charge in [0.15, 0.2) is 4.96 Å². The number of fused-ring (bicyclic) bond motifs is 4. The zero-order valence-corrected chi connectivity index (χ0v) is 17.6. The molecule has 0 aliphatic heterocycles. The highest BCUT2D eigenvalue weighted by atomic mass is 32.1. The summed E-state index contributed by atoms with van der Waals surface area (Å²) in [5.74, 6) is -0.321. The van der Waals surface area contributed by atoms with Crippen LogP contribution in [0.4, 0.5) is 0 Å². The fourth-order valence-electron chi connectivity index (χ4n) is 3.78. The summed E-state index contributed by atoms with van der Waals surface area (Å²) in [7, 11) is 1.37. The van der Waals surface area contributed by atoms with Gasteiger partial charge in [-0.15, -0.1) is 0 Å². The fourth-order valence-corrected chi connectivity index (χ4v) is 4.76. The Kier molecular flexibility index (Phi) is 4.22. The smallest absolute Gasteiger partial charge is 0.325 e. The number of ether oxygens (including phenoxy) is 1. The van der Waals surface area contributed by atoms with E-state index in [9.17, 15) is 9.59 Å². The second-order valence-electron chi connectivity index (χ2n) is 7.38. The van der Waals surface area contributed by atoms with Crippen LogP contribution in [0.25, 0.3) is 33.0 Å². The standard InChI is InChI=1S/C23H19N3O3S/c1-13-8-17-19(9-14(13)2)26-22(28)20(30-23(26)24-17)10-15-11-25(12-21(27)29-3)18-7-5-4-6-16(15)18/h4-11H,12H2,1-3H3/b20-10-. The van der Waals surface area contributed by atoms with Crippen LogP contribution < -0.4 is 10.1 Å². The molecule has 0 saturated heterocycles. The molecule has 0 amide bonds. The number of rotatable bonds is 3. The average molecular weight is 417 g/mol. The SMILES string of the molecule is COC(=O)Cn1cc(/C=c2\sc3nc4cc(C)c(C)cc4n3c2=O)c2ccccc21. The second kappa shape index (κ2) is 6.81. The molecule has 0 radical (unpaired) electrons. The zero-order chi connectivity index (χ0) is 21.0. The van der Waals surface area contributed by atoms with E-state index in [1.54, 1.807) is 4.40 Å². The van der Waals surface area contributed by atoms with E-state index in [1.807, 2.05) is 67.1 Å². The van der Waals surface area contributed by atoms with Crippen molar-refractivity contribution in [3.8, 4) is 0 Å². The second-order valence-corrected chi connectivity index (χ2v) is 8.39. The lowest BCUT2D eigenvalue weighted by atomic mass is 10.1. The average Bonchev–Trinajstić information content (AvgIpc) is 3.35. The molecule has 6 nitrogen and oxygen atoms in total. The number of thiazole rings is 1. The number of hydrogen-bond acceptors (Lipinski definition) is 5. The Morgan fingerprint density at radius 1 is 1.17 bits per heavy atom. The molecular formula is C23H19N3O3S. The van der Waals surface area contributed by atoms with E-state index in [1.165, 1.54) is 18.4 Å². The molecule has 0 aliphatic rings. The van der Waals surface area contributed by atoms with Crippen LogP contribution in [0.2, 0.25) is 0 Å². The summed E-state index contributed by atoms with van der Waals surface area (Å²) in [6.07, 6.45) is 3.76. The Balaban J connectivity index is 1.73. The van der Waals surface area contributed by atoms with Crippen molar-refractivity contribution >= 4 is 50.3 Å². The van der Waals surface area contributed by atoms with Crippen molar-refractivity contribution in [2.45, 2.75) is 20.4 Å². The van der Waals surface area contributed by atoms with E-state index in [2.05, 4.69) is 4.98 Å². The Labute approximate surface area is 175 Å². The highest BCUT2D eigenvalue weighted by molar-refractivity contribution is 7.15. The molecule has 2 aromatic carbocycles. The molecule has 0 atom stereocenters. The quantitative estimate of drug-likeness (QED) is 0.423. The van der Waals surface area contributed by atoms with Gasteiger partial charge < -0.3 is 9.30 Å². The van der Waals surface area contributed by atoms with E-state index < -0.39 is 0 Å². The van der Waals surface area contributed by atoms with E-state index in [0.717, 1.165) is 38.6 Å². The number of imidazole rings is 1. The van der Waals surface area contributed by atoms with Gasteiger partial charge in [0.05, 0.1) is 22.7 Å². The summed E-state index contributed by atoms with van der Waals surface area (Å²) in [4.78, 5) is 30.3. The van der Waals surface area contributed by atoms with Crippen molar-refractivity contribution < 1.29 is 9.53 Å². The largest absolute Gasteiger partial charge is 0.468 e. The van der Waals surface area contributed by atoms with Gasteiger partial charge in [0.1, 0.15) is 6.54 Å². The van der Waals surface area contributed by atoms with Crippen molar-refractivity contribution in [3.63, 3.8) is 0 Å². The van der Waals surface area contributed by atoms with Crippen molar-refractivity contribution in [1.82, 2.24) is 14.0 Å². The van der Waals surface area contributed by atoms with Gasteiger partial charge in [-0.05, 0) is 49.2 Å². The van der Waals surface area contributed by atoms with Crippen molar-refractivity contribution in [3.05, 3.63) is 74.2 Å². The van der Waals surface area contributed by atoms with Crippen molar-refractivity contribution in [2.75, 3.05) is 7.11 Å². The fraction of sp³-hybridized carbons (Fsp3) is 0.174. The topological polar surface area (TPSA) is 65.6 Å². The maximum atomic E-state index is 13.2. The first kappa shape index (κ1) is 18.6. The number of carbonyl (C=O) groups excluding carboxylic acids is 1. The summed E-state index contributed by atoms with van der Waals surface area (Å²) in [6.45, 7) is 4.20. The minimum atomic E-state index is -0.321. The maximum Gasteiger partial charge on any atom is 0.325 e. The van der Waals surface area contributed by atoms with E-state index in [0.29, 0.717) is 9.49 Å². The molecule has 0 N–H and O–H groups in total. The number of para-hydroxylation sites is 1. The van der Waals surface area contributed by atoms with E-state index in [-0.39, 0.29) is 18.1 Å². The molecule has 0 bridgehead atoms. The molecule has 0 unspecified atom stereocenters. The minimum Gasteiger partial charge on any atom is -0.468 e. The summed E-state index contributed by atoms with van der Waals surface area (Å²) in [5.41, 5.74) is 5.68. The number of nitrogens with zero attached hydrogens (tertiary/aromatic N) is 3. The van der Waals surface area contributed by atoms with Gasteiger partial charge in [0.2, 0.25) is 0 Å². The van der Waals surface area contributed by atoms with Crippen LogP contribution in [0.15, 0.2) is 47.4 Å². The van der Waals surface area contributed by atoms with Crippen molar-refractivity contribution in [2.24, 2.45) is 0 Å². The Morgan fingerprint density at radius 2 is 1.93 bits per heavy atom. The number of methoxy groups -OCH3 is 1. The third-order valence-electron chi connectivity index (χ3n) is 5.49. The van der Waals surface area contributed by atoms with Gasteiger partial charge >= 0.3 is 5.97 Å². The van der Waals surface area contributed by atoms with Crippen molar-refractivity contribution in [1.29, 1.82) is 0 Å². The summed E-state index contributed by atoms with van der Waals surface area (Å²) in [5, 5.41) is 0.975. The van der Waals surface area contributed by atoms with E-state index >= 15 is 0 Å². The molecule has 0 saturated carbocycles. The number of aromatic nitrogens is 3. The number of benzene rings is 2. The summed E-state index contributed by atoms with van der Waals surface area (Å²) in [6, 6.07) is 11.8. The lowest BCUT2D eigenvalue weighted by Crippen LogP contribution is -2.22. The van der Waals surface area contributed by atoms with Gasteiger partial charge in [-0.1, -0.05) is 29.5 Å². The first-order valence-corrected chi connectivity index (χ1v) is 10.4. The van der Waals surface area contributed by atoms with Gasteiger partial charge in [-0.3, -0.25) is 9.59 Å². The van der Waals surface area contributed by atoms with Gasteiger partial charge in [-0.2, -0.15) is 0 Å². The molecule has 150 valence electrons. The Hall–Kier alpha value is -3.45. The highest BCUT2D eigenvalue weighted by Crippen LogP contribution is 2.23. The monoisotopic (exact) mass is 417 g/mol. The number of esters is 1. The van der Waals surface area contributed by atoms with Gasteiger partial charge in [0, 0.05) is 22.7 Å². The summed E-state index contributed by atoms with van der Waals surface area (Å²) >= 11 is 1.38. The third kappa shape index (κ3) is 2.81.